The van der Waals surface area contributed by atoms with Crippen molar-refractivity contribution < 1.29 is 33.4 Å². The fraction of sp³-hybridized carbons (Fsp3) is 0.267. The van der Waals surface area contributed by atoms with Gasteiger partial charge in [-0.3, -0.25) is 14.4 Å². The van der Waals surface area contributed by atoms with Crippen molar-refractivity contribution in [1.29, 1.82) is 0 Å². The van der Waals surface area contributed by atoms with Crippen LogP contribution < -0.4 is 15.0 Å². The second-order valence-electron chi connectivity index (χ2n) is 9.20. The first-order chi connectivity index (χ1) is 18.7. The molecule has 0 unspecified atom stereocenters. The highest BCUT2D eigenvalue weighted by Crippen LogP contribution is 2.29. The van der Waals surface area contributed by atoms with Gasteiger partial charge in [-0.25, -0.2) is 4.79 Å². The van der Waals surface area contributed by atoms with Gasteiger partial charge in [0, 0.05) is 24.3 Å². The van der Waals surface area contributed by atoms with Crippen molar-refractivity contribution in [2.45, 2.75) is 27.2 Å². The SMILES string of the molecule is CCOC(=O)c1ccc(NC(=O)COC(=O)[C@@H]2CC(=O)N(c3ccc(Oc4ccc(C)c(C)c4)cc3)C2)cc1. The van der Waals surface area contributed by atoms with Gasteiger partial charge in [0.1, 0.15) is 11.5 Å². The minimum absolute atomic E-state index is 0.00330. The molecule has 1 N–H and O–H groups in total. The van der Waals surface area contributed by atoms with Gasteiger partial charge in [-0.1, -0.05) is 6.07 Å². The van der Waals surface area contributed by atoms with Crippen molar-refractivity contribution in [3.8, 4) is 11.5 Å². The number of hydrogen-bond acceptors (Lipinski definition) is 7. The zero-order valence-electron chi connectivity index (χ0n) is 22.1. The Morgan fingerprint density at radius 3 is 2.26 bits per heavy atom. The van der Waals surface area contributed by atoms with E-state index in [0.717, 1.165) is 11.3 Å². The van der Waals surface area contributed by atoms with Gasteiger partial charge in [-0.05, 0) is 92.6 Å². The van der Waals surface area contributed by atoms with Crippen LogP contribution in [0.25, 0.3) is 0 Å². The largest absolute Gasteiger partial charge is 0.462 e. The van der Waals surface area contributed by atoms with Crippen LogP contribution in [0.15, 0.2) is 66.7 Å². The average molecular weight is 531 g/mol. The van der Waals surface area contributed by atoms with Crippen LogP contribution in [0.5, 0.6) is 11.5 Å². The highest BCUT2D eigenvalue weighted by molar-refractivity contribution is 6.00. The monoisotopic (exact) mass is 530 g/mol. The lowest BCUT2D eigenvalue weighted by molar-refractivity contribution is -0.151. The maximum absolute atomic E-state index is 12.6. The number of ether oxygens (including phenoxy) is 3. The summed E-state index contributed by atoms with van der Waals surface area (Å²) in [5.41, 5.74) is 3.76. The third-order valence-electron chi connectivity index (χ3n) is 6.35. The minimum Gasteiger partial charge on any atom is -0.462 e. The number of esters is 2. The van der Waals surface area contributed by atoms with Crippen LogP contribution in [0.3, 0.4) is 0 Å². The van der Waals surface area contributed by atoms with Crippen LogP contribution in [-0.4, -0.2) is 43.5 Å². The molecule has 1 fully saturated rings. The standard InChI is InChI=1S/C30H30N2O7/c1-4-37-29(35)21-6-8-23(9-7-21)31-27(33)18-38-30(36)22-16-28(34)32(17-22)24-10-13-25(14-11-24)39-26-12-5-19(2)20(3)15-26/h5-15,22H,4,16-18H2,1-3H3,(H,31,33)/t22-/m1/s1. The van der Waals surface area contributed by atoms with Crippen molar-refractivity contribution >= 4 is 35.1 Å². The van der Waals surface area contributed by atoms with Crippen LogP contribution in [0.4, 0.5) is 11.4 Å². The maximum atomic E-state index is 12.6. The van der Waals surface area contributed by atoms with E-state index in [1.165, 1.54) is 22.6 Å². The third-order valence-corrected chi connectivity index (χ3v) is 6.35. The zero-order valence-corrected chi connectivity index (χ0v) is 22.1. The molecule has 2 amide bonds. The second kappa shape index (κ2) is 12.3. The van der Waals surface area contributed by atoms with E-state index in [4.69, 9.17) is 14.2 Å². The third kappa shape index (κ3) is 7.01. The highest BCUT2D eigenvalue weighted by Gasteiger charge is 2.36. The Kier molecular flexibility index (Phi) is 8.60. The molecule has 9 nitrogen and oxygen atoms in total. The number of benzene rings is 3. The predicted octanol–water partition coefficient (Wildman–Crippen LogP) is 4.81. The Morgan fingerprint density at radius 2 is 1.59 bits per heavy atom. The molecule has 0 bridgehead atoms. The minimum atomic E-state index is -0.680. The number of rotatable bonds is 9. The summed E-state index contributed by atoms with van der Waals surface area (Å²) in [6.45, 7) is 5.70. The summed E-state index contributed by atoms with van der Waals surface area (Å²) in [5, 5.41) is 2.60. The molecule has 1 atom stereocenters. The summed E-state index contributed by atoms with van der Waals surface area (Å²) in [6.07, 6.45) is -0.00330. The number of aryl methyl sites for hydroxylation is 2. The van der Waals surface area contributed by atoms with E-state index >= 15 is 0 Å². The van der Waals surface area contributed by atoms with Gasteiger partial charge in [-0.2, -0.15) is 0 Å². The molecule has 39 heavy (non-hydrogen) atoms. The van der Waals surface area contributed by atoms with Gasteiger partial charge in [0.15, 0.2) is 6.61 Å². The van der Waals surface area contributed by atoms with Crippen molar-refractivity contribution in [3.63, 3.8) is 0 Å². The molecule has 3 aromatic carbocycles. The number of anilines is 2. The van der Waals surface area contributed by atoms with Crippen LogP contribution in [0.2, 0.25) is 0 Å². The van der Waals surface area contributed by atoms with E-state index in [1.807, 2.05) is 32.0 Å². The normalized spacial score (nSPS) is 14.6. The van der Waals surface area contributed by atoms with Crippen LogP contribution in [-0.2, 0) is 23.9 Å². The predicted molar refractivity (Wildman–Crippen MR) is 145 cm³/mol. The molecule has 0 spiro atoms. The average Bonchev–Trinajstić information content (AvgIpc) is 3.32. The molecule has 1 aliphatic heterocycles. The first kappa shape index (κ1) is 27.4. The highest BCUT2D eigenvalue weighted by atomic mass is 16.5. The molecule has 0 radical (unpaired) electrons. The molecule has 3 aromatic rings. The molecule has 202 valence electrons. The molecular formula is C30H30N2O7. The lowest BCUT2D eigenvalue weighted by Crippen LogP contribution is -2.28. The quantitative estimate of drug-likeness (QED) is 0.395. The molecule has 0 aliphatic carbocycles. The number of nitrogens with zero attached hydrogens (tertiary/aromatic N) is 1. The molecule has 4 rings (SSSR count). The Morgan fingerprint density at radius 1 is 0.897 bits per heavy atom. The Labute approximate surface area is 226 Å². The van der Waals surface area contributed by atoms with Crippen molar-refractivity contribution in [1.82, 2.24) is 0 Å². The number of hydrogen-bond donors (Lipinski definition) is 1. The first-order valence-electron chi connectivity index (χ1n) is 12.6. The van der Waals surface area contributed by atoms with Gasteiger partial charge >= 0.3 is 11.9 Å². The number of carbonyl (C=O) groups excluding carboxylic acids is 4. The first-order valence-corrected chi connectivity index (χ1v) is 12.6. The Hall–Kier alpha value is -4.66. The summed E-state index contributed by atoms with van der Waals surface area (Å²) in [5.74, 6) is -1.13. The number of amides is 2. The van der Waals surface area contributed by atoms with Gasteiger partial charge in [0.05, 0.1) is 18.1 Å². The van der Waals surface area contributed by atoms with Gasteiger partial charge in [0.25, 0.3) is 5.91 Å². The molecule has 0 saturated carbocycles. The molecular weight excluding hydrogens is 500 g/mol. The summed E-state index contributed by atoms with van der Waals surface area (Å²) < 4.78 is 16.0. The van der Waals surface area contributed by atoms with Crippen LogP contribution >= 0.6 is 0 Å². The summed E-state index contributed by atoms with van der Waals surface area (Å²) in [6, 6.07) is 19.1. The molecule has 9 heteroatoms. The van der Waals surface area contributed by atoms with Crippen LogP contribution in [0.1, 0.15) is 34.8 Å². The van der Waals surface area contributed by atoms with Gasteiger partial charge in [-0.15, -0.1) is 0 Å². The number of carbonyl (C=O) groups is 4. The molecule has 1 saturated heterocycles. The van der Waals surface area contributed by atoms with Gasteiger partial charge < -0.3 is 24.4 Å². The van der Waals surface area contributed by atoms with Crippen molar-refractivity contribution in [3.05, 3.63) is 83.4 Å². The van der Waals surface area contributed by atoms with E-state index < -0.39 is 30.4 Å². The summed E-state index contributed by atoms with van der Waals surface area (Å²) in [4.78, 5) is 50.6. The summed E-state index contributed by atoms with van der Waals surface area (Å²) >= 11 is 0. The fourth-order valence-corrected chi connectivity index (χ4v) is 4.08. The zero-order chi connectivity index (χ0) is 27.9. The molecule has 1 aliphatic rings. The van der Waals surface area contributed by atoms with Gasteiger partial charge in [0.2, 0.25) is 5.91 Å². The fourth-order valence-electron chi connectivity index (χ4n) is 4.08. The molecule has 0 aromatic heterocycles. The summed E-state index contributed by atoms with van der Waals surface area (Å²) in [7, 11) is 0. The van der Waals surface area contributed by atoms with E-state index in [0.29, 0.717) is 22.7 Å². The maximum Gasteiger partial charge on any atom is 0.338 e. The van der Waals surface area contributed by atoms with E-state index in [1.54, 1.807) is 43.3 Å². The smallest absolute Gasteiger partial charge is 0.338 e. The van der Waals surface area contributed by atoms with Crippen molar-refractivity contribution in [2.24, 2.45) is 5.92 Å². The van der Waals surface area contributed by atoms with Crippen molar-refractivity contribution in [2.75, 3.05) is 30.0 Å². The number of nitrogens with one attached hydrogen (secondary N) is 1. The Bertz CT molecular complexity index is 1370. The Balaban J connectivity index is 1.26. The second-order valence-corrected chi connectivity index (χ2v) is 9.20. The van der Waals surface area contributed by atoms with E-state index in [9.17, 15) is 19.2 Å². The molecule has 1 heterocycles. The topological polar surface area (TPSA) is 111 Å². The van der Waals surface area contributed by atoms with E-state index in [-0.39, 0.29) is 25.5 Å². The van der Waals surface area contributed by atoms with Crippen LogP contribution in [0, 0.1) is 19.8 Å². The lowest BCUT2D eigenvalue weighted by atomic mass is 10.1. The lowest BCUT2D eigenvalue weighted by Gasteiger charge is -2.17. The van der Waals surface area contributed by atoms with E-state index in [2.05, 4.69) is 5.32 Å².